The van der Waals surface area contributed by atoms with E-state index in [0.717, 1.165) is 13.0 Å². The largest absolute Gasteiger partial charge is 0.506 e. The zero-order chi connectivity index (χ0) is 12.7. The Morgan fingerprint density at radius 3 is 3.06 bits per heavy atom. The maximum Gasteiger partial charge on any atom is 0.326 e. The van der Waals surface area contributed by atoms with E-state index < -0.39 is 0 Å². The standard InChI is InChI=1S/C13H17N3O2/c1-15-7-3-4-9(15)8-16-12-10(14-13(16)18)5-2-6-11(12)17/h2,5-6,9,17H,3-4,7-8H2,1H3,(H,14,18). The number of phenolic OH excluding ortho intramolecular Hbond substituents is 1. The van der Waals surface area contributed by atoms with Gasteiger partial charge in [0.05, 0.1) is 5.52 Å². The number of imidazole rings is 1. The van der Waals surface area contributed by atoms with Crippen LogP contribution < -0.4 is 5.69 Å². The Hall–Kier alpha value is -1.75. The zero-order valence-corrected chi connectivity index (χ0v) is 10.4. The number of fused-ring (bicyclic) bond motifs is 1. The van der Waals surface area contributed by atoms with Gasteiger partial charge in [-0.25, -0.2) is 4.79 Å². The third kappa shape index (κ3) is 1.71. The molecule has 0 saturated carbocycles. The molecule has 1 saturated heterocycles. The van der Waals surface area contributed by atoms with Gasteiger partial charge >= 0.3 is 5.69 Å². The van der Waals surface area contributed by atoms with Gasteiger partial charge in [-0.1, -0.05) is 6.07 Å². The lowest BCUT2D eigenvalue weighted by atomic mass is 10.2. The normalized spacial score (nSPS) is 20.8. The van der Waals surface area contributed by atoms with E-state index in [2.05, 4.69) is 16.9 Å². The summed E-state index contributed by atoms with van der Waals surface area (Å²) < 4.78 is 1.65. The number of aromatic amines is 1. The second kappa shape index (κ2) is 4.17. The van der Waals surface area contributed by atoms with E-state index in [0.29, 0.717) is 23.6 Å². The van der Waals surface area contributed by atoms with Crippen molar-refractivity contribution in [1.82, 2.24) is 14.5 Å². The van der Waals surface area contributed by atoms with Crippen molar-refractivity contribution in [2.24, 2.45) is 0 Å². The second-order valence-electron chi connectivity index (χ2n) is 4.99. The van der Waals surface area contributed by atoms with Crippen molar-refractivity contribution in [3.05, 3.63) is 28.7 Å². The summed E-state index contributed by atoms with van der Waals surface area (Å²) in [5.74, 6) is 0.159. The first-order valence-electron chi connectivity index (χ1n) is 6.27. The number of likely N-dealkylation sites (tertiary alicyclic amines) is 1. The van der Waals surface area contributed by atoms with E-state index in [-0.39, 0.29) is 11.4 Å². The maximum absolute atomic E-state index is 12.0. The van der Waals surface area contributed by atoms with Crippen molar-refractivity contribution in [2.75, 3.05) is 13.6 Å². The Morgan fingerprint density at radius 1 is 1.50 bits per heavy atom. The quantitative estimate of drug-likeness (QED) is 0.836. The fourth-order valence-electron chi connectivity index (χ4n) is 2.79. The van der Waals surface area contributed by atoms with Gasteiger partial charge in [0.2, 0.25) is 0 Å². The van der Waals surface area contributed by atoms with E-state index in [1.807, 2.05) is 6.07 Å². The zero-order valence-electron chi connectivity index (χ0n) is 10.4. The van der Waals surface area contributed by atoms with Crippen molar-refractivity contribution in [1.29, 1.82) is 0 Å². The van der Waals surface area contributed by atoms with Gasteiger partial charge in [-0.2, -0.15) is 0 Å². The monoisotopic (exact) mass is 247 g/mol. The molecule has 1 aliphatic rings. The Bertz CT molecular complexity index is 629. The van der Waals surface area contributed by atoms with E-state index in [9.17, 15) is 9.90 Å². The predicted molar refractivity (Wildman–Crippen MR) is 69.9 cm³/mol. The summed E-state index contributed by atoms with van der Waals surface area (Å²) in [7, 11) is 2.08. The van der Waals surface area contributed by atoms with Crippen LogP contribution in [0.3, 0.4) is 0 Å². The molecule has 1 fully saturated rings. The number of benzene rings is 1. The average molecular weight is 247 g/mol. The van der Waals surface area contributed by atoms with Gasteiger partial charge in [-0.05, 0) is 38.6 Å². The Labute approximate surface area is 105 Å². The lowest BCUT2D eigenvalue weighted by Gasteiger charge is -2.19. The van der Waals surface area contributed by atoms with Gasteiger partial charge in [-0.15, -0.1) is 0 Å². The molecule has 1 atom stereocenters. The summed E-state index contributed by atoms with van der Waals surface area (Å²) in [6.07, 6.45) is 2.27. The number of hydrogen-bond acceptors (Lipinski definition) is 3. The topological polar surface area (TPSA) is 61.3 Å². The Morgan fingerprint density at radius 2 is 2.33 bits per heavy atom. The summed E-state index contributed by atoms with van der Waals surface area (Å²) in [6, 6.07) is 5.54. The van der Waals surface area contributed by atoms with E-state index in [1.165, 1.54) is 6.42 Å². The number of hydrogen-bond donors (Lipinski definition) is 2. The number of likely N-dealkylation sites (N-methyl/N-ethyl adjacent to an activating group) is 1. The number of nitrogens with one attached hydrogen (secondary N) is 1. The highest BCUT2D eigenvalue weighted by Crippen LogP contribution is 2.24. The molecule has 1 aromatic heterocycles. The van der Waals surface area contributed by atoms with Gasteiger partial charge in [0.15, 0.2) is 0 Å². The van der Waals surface area contributed by atoms with Crippen LogP contribution in [0.15, 0.2) is 23.0 Å². The van der Waals surface area contributed by atoms with Gasteiger partial charge in [0.1, 0.15) is 11.3 Å². The van der Waals surface area contributed by atoms with Gasteiger partial charge < -0.3 is 15.0 Å². The average Bonchev–Trinajstić information content (AvgIpc) is 2.86. The SMILES string of the molecule is CN1CCCC1Cn1c(=O)[nH]c2cccc(O)c21. The van der Waals surface area contributed by atoms with Gasteiger partial charge in [-0.3, -0.25) is 4.57 Å². The minimum Gasteiger partial charge on any atom is -0.506 e. The predicted octanol–water partition coefficient (Wildman–Crippen LogP) is 1.13. The number of H-pyrrole nitrogens is 1. The molecule has 0 bridgehead atoms. The third-order valence-corrected chi connectivity index (χ3v) is 3.84. The molecule has 5 nitrogen and oxygen atoms in total. The number of aromatic hydroxyl groups is 1. The highest BCUT2D eigenvalue weighted by molar-refractivity contribution is 5.81. The Kier molecular flexibility index (Phi) is 2.63. The molecule has 18 heavy (non-hydrogen) atoms. The molecule has 96 valence electrons. The van der Waals surface area contributed by atoms with E-state index in [4.69, 9.17) is 0 Å². The summed E-state index contributed by atoms with van der Waals surface area (Å²) in [4.78, 5) is 17.0. The smallest absolute Gasteiger partial charge is 0.326 e. The first kappa shape index (κ1) is 11.3. The maximum atomic E-state index is 12.0. The van der Waals surface area contributed by atoms with Crippen molar-refractivity contribution in [2.45, 2.75) is 25.4 Å². The molecular formula is C13H17N3O2. The first-order chi connectivity index (χ1) is 8.66. The molecule has 2 N–H and O–H groups in total. The van der Waals surface area contributed by atoms with Gasteiger partial charge in [0, 0.05) is 12.6 Å². The summed E-state index contributed by atoms with van der Waals surface area (Å²) in [6.45, 7) is 1.71. The van der Waals surface area contributed by atoms with Crippen LogP contribution in [-0.2, 0) is 6.54 Å². The van der Waals surface area contributed by atoms with Gasteiger partial charge in [0.25, 0.3) is 0 Å². The number of phenols is 1. The van der Waals surface area contributed by atoms with Crippen molar-refractivity contribution in [3.8, 4) is 5.75 Å². The van der Waals surface area contributed by atoms with E-state index >= 15 is 0 Å². The van der Waals surface area contributed by atoms with Crippen LogP contribution in [0.4, 0.5) is 0 Å². The molecule has 1 unspecified atom stereocenters. The highest BCUT2D eigenvalue weighted by Gasteiger charge is 2.23. The summed E-state index contributed by atoms with van der Waals surface area (Å²) >= 11 is 0. The van der Waals surface area contributed by atoms with E-state index in [1.54, 1.807) is 16.7 Å². The fraction of sp³-hybridized carbons (Fsp3) is 0.462. The van der Waals surface area contributed by atoms with Crippen LogP contribution in [0.1, 0.15) is 12.8 Å². The second-order valence-corrected chi connectivity index (χ2v) is 4.99. The number of aromatic nitrogens is 2. The molecule has 0 amide bonds. The molecular weight excluding hydrogens is 230 g/mol. The first-order valence-corrected chi connectivity index (χ1v) is 6.27. The number of nitrogens with zero attached hydrogens (tertiary/aromatic N) is 2. The molecule has 1 aliphatic heterocycles. The third-order valence-electron chi connectivity index (χ3n) is 3.84. The summed E-state index contributed by atoms with van der Waals surface area (Å²) in [5, 5.41) is 9.91. The van der Waals surface area contributed by atoms with Crippen molar-refractivity contribution < 1.29 is 5.11 Å². The summed E-state index contributed by atoms with van der Waals surface area (Å²) in [5.41, 5.74) is 1.16. The minimum absolute atomic E-state index is 0.146. The lowest BCUT2D eigenvalue weighted by molar-refractivity contribution is 0.282. The molecule has 2 aromatic rings. The van der Waals surface area contributed by atoms with Crippen LogP contribution in [-0.4, -0.2) is 39.2 Å². The van der Waals surface area contributed by atoms with Crippen LogP contribution in [0.25, 0.3) is 11.0 Å². The lowest BCUT2D eigenvalue weighted by Crippen LogP contribution is -2.32. The fourth-order valence-corrected chi connectivity index (χ4v) is 2.79. The van der Waals surface area contributed by atoms with Crippen LogP contribution in [0.5, 0.6) is 5.75 Å². The molecule has 0 radical (unpaired) electrons. The van der Waals surface area contributed by atoms with Crippen LogP contribution >= 0.6 is 0 Å². The van der Waals surface area contributed by atoms with Crippen molar-refractivity contribution >= 4 is 11.0 Å². The molecule has 1 aromatic carbocycles. The number of rotatable bonds is 2. The molecule has 0 aliphatic carbocycles. The molecule has 0 spiro atoms. The molecule has 2 heterocycles. The van der Waals surface area contributed by atoms with Crippen LogP contribution in [0.2, 0.25) is 0 Å². The molecule has 5 heteroatoms. The van der Waals surface area contributed by atoms with Crippen molar-refractivity contribution in [3.63, 3.8) is 0 Å². The minimum atomic E-state index is -0.146. The number of para-hydroxylation sites is 1. The Balaban J connectivity index is 2.06. The molecule has 3 rings (SSSR count). The van der Waals surface area contributed by atoms with Crippen LogP contribution in [0, 0.1) is 0 Å². The highest BCUT2D eigenvalue weighted by atomic mass is 16.3.